The molecule has 4 aliphatic carbocycles. The Morgan fingerprint density at radius 3 is 1.26 bits per heavy atom. The molecule has 0 aromatic carbocycles. The molecule has 2 heterocycles. The minimum atomic E-state index is -3.67. The third-order valence-corrected chi connectivity index (χ3v) is 21.2. The molecule has 0 radical (unpaired) electrons. The SMILES string of the molecule is CN(C(C)(C)C)S(=O)(=O)CCNC(=O)C(O)C(CC1CCC1)NC(=O)[C@@H]1C2C(CN1C(=O)[C@@H](NC(=O)NC(C)(C)C)C(C)(C)C)C2(C)C.COC(=O)C(O)C(CC1CCC1)NC(=O)[C@@H]1C2C(CN1C(=O)[C@@H](NC(=O)NC(C)(C)C)C(C)(C)C)C2(C)C. The quantitative estimate of drug-likeness (QED) is 0.0766. The summed E-state index contributed by atoms with van der Waals surface area (Å²) in [6.07, 6.45) is 3.68. The zero-order valence-corrected chi connectivity index (χ0v) is 56.5. The minimum Gasteiger partial charge on any atom is -0.467 e. The van der Waals surface area contributed by atoms with Gasteiger partial charge in [-0.15, -0.1) is 0 Å². The van der Waals surface area contributed by atoms with Crippen molar-refractivity contribution in [2.45, 2.75) is 248 Å². The molecule has 9 amide bonds. The van der Waals surface area contributed by atoms with E-state index < -0.39 is 116 Å². The molecule has 0 spiro atoms. The van der Waals surface area contributed by atoms with Crippen LogP contribution in [-0.4, -0.2) is 185 Å². The zero-order valence-electron chi connectivity index (χ0n) is 55.7. The smallest absolute Gasteiger partial charge is 0.336 e. The summed E-state index contributed by atoms with van der Waals surface area (Å²) in [5, 5.41) is 41.7. The number of hydrogen-bond acceptors (Lipinski definition) is 13. The standard InChI is InChI=1S/C34H62N6O7S.C28H48N4O6/c1-31(2,3)26(37-30(45)38-32(4,5)6)29(44)40-19-21-23(34(21,10)11)24(40)27(42)36-22(18-20-14-13-15-20)25(41)28(43)35-16-17-48(46,47)39(12)33(7,8)9;1-26(2,3)21(30-25(37)31-27(4,5)6)23(35)32-14-16-18(28(16,7)8)19(32)22(34)29-17(13-15-11-10-12-15)20(33)24(36)38-9/h20-26,41H,13-19H2,1-12H3,(H,35,43)(H,36,42)(H2,37,38,45);15-21,33H,10-14H2,1-9H3,(H,29,34)(H2,30,31,37)/t21?,22?,23?,24-,25?,26+;16?,17?,18?,19-,20?,21+/m00/s1. The summed E-state index contributed by atoms with van der Waals surface area (Å²) in [6, 6.07) is -6.01. The number of nitrogens with zero attached hydrogens (tertiary/aromatic N) is 3. The Morgan fingerprint density at radius 2 is 0.953 bits per heavy atom. The van der Waals surface area contributed by atoms with E-state index in [0.29, 0.717) is 31.8 Å². The van der Waals surface area contributed by atoms with Gasteiger partial charge in [0, 0.05) is 43.3 Å². The van der Waals surface area contributed by atoms with Gasteiger partial charge in [-0.1, -0.05) is 108 Å². The van der Waals surface area contributed by atoms with E-state index in [1.54, 1.807) is 30.6 Å². The maximum Gasteiger partial charge on any atom is 0.336 e. The van der Waals surface area contributed by atoms with Crippen molar-refractivity contribution in [2.75, 3.05) is 39.5 Å². The predicted molar refractivity (Wildman–Crippen MR) is 328 cm³/mol. The van der Waals surface area contributed by atoms with Gasteiger partial charge in [0.05, 0.1) is 24.9 Å². The predicted octanol–water partition coefficient (Wildman–Crippen LogP) is 4.38. The summed E-state index contributed by atoms with van der Waals surface area (Å²) in [5.41, 5.74) is -3.19. The van der Waals surface area contributed by atoms with Crippen LogP contribution in [0.25, 0.3) is 0 Å². The number of methoxy groups -OCH3 is 1. The molecule has 9 N–H and O–H groups in total. The number of ether oxygens (including phenoxy) is 1. The van der Waals surface area contributed by atoms with Gasteiger partial charge in [-0.25, -0.2) is 22.8 Å². The third-order valence-electron chi connectivity index (χ3n) is 19.0. The first kappa shape index (κ1) is 71.9. The van der Waals surface area contributed by atoms with Crippen molar-refractivity contribution in [3.05, 3.63) is 0 Å². The normalized spacial score (nSPS) is 25.5. The van der Waals surface area contributed by atoms with Gasteiger partial charge in [0.2, 0.25) is 33.7 Å². The highest BCUT2D eigenvalue weighted by Crippen LogP contribution is 2.66. The minimum absolute atomic E-state index is 0.0462. The van der Waals surface area contributed by atoms with Gasteiger partial charge in [0.1, 0.15) is 24.2 Å². The van der Waals surface area contributed by atoms with Crippen LogP contribution in [0.15, 0.2) is 0 Å². The zero-order chi connectivity index (χ0) is 65.6. The van der Waals surface area contributed by atoms with Crippen LogP contribution in [0.4, 0.5) is 9.59 Å². The van der Waals surface area contributed by atoms with Crippen molar-refractivity contribution in [1.29, 1.82) is 0 Å². The van der Waals surface area contributed by atoms with Crippen LogP contribution in [0.2, 0.25) is 0 Å². The lowest BCUT2D eigenvalue weighted by Gasteiger charge is -2.39. The Labute approximate surface area is 513 Å². The average molecular weight is 1240 g/mol. The van der Waals surface area contributed by atoms with Crippen LogP contribution in [-0.2, 0) is 43.5 Å². The lowest BCUT2D eigenvalue weighted by Crippen LogP contribution is -2.62. The van der Waals surface area contributed by atoms with E-state index in [1.807, 2.05) is 83.1 Å². The number of carbonyl (C=O) groups excluding carboxylic acids is 8. The number of sulfonamides is 1. The van der Waals surface area contributed by atoms with Gasteiger partial charge in [-0.2, -0.15) is 4.31 Å². The van der Waals surface area contributed by atoms with Gasteiger partial charge >= 0.3 is 18.0 Å². The number of rotatable bonds is 20. The van der Waals surface area contributed by atoms with Crippen molar-refractivity contribution in [1.82, 2.24) is 51.3 Å². The fourth-order valence-corrected chi connectivity index (χ4v) is 14.4. The van der Waals surface area contributed by atoms with Crippen molar-refractivity contribution in [3.63, 3.8) is 0 Å². The Morgan fingerprint density at radius 1 is 0.593 bits per heavy atom. The molecule has 23 nitrogen and oxygen atoms in total. The van der Waals surface area contributed by atoms with E-state index in [0.717, 1.165) is 38.5 Å². The van der Waals surface area contributed by atoms with E-state index in [1.165, 1.54) is 18.5 Å². The third kappa shape index (κ3) is 17.5. The fraction of sp³-hybridized carbons (Fsp3) is 0.871. The summed E-state index contributed by atoms with van der Waals surface area (Å²) in [6.45, 7) is 36.6. The van der Waals surface area contributed by atoms with Gasteiger partial charge in [0.25, 0.3) is 5.91 Å². The monoisotopic (exact) mass is 1230 g/mol. The lowest BCUT2D eigenvalue weighted by molar-refractivity contribution is -0.153. The number of aliphatic hydroxyl groups excluding tert-OH is 2. The summed E-state index contributed by atoms with van der Waals surface area (Å²) >= 11 is 0. The Hall–Kier alpha value is -4.81. The second kappa shape index (κ2) is 26.3. The highest BCUT2D eigenvalue weighted by atomic mass is 32.2. The number of urea groups is 2. The van der Waals surface area contributed by atoms with Gasteiger partial charge in [0.15, 0.2) is 12.2 Å². The first-order chi connectivity index (χ1) is 39.1. The molecule has 8 unspecified atom stereocenters. The second-order valence-electron chi connectivity index (χ2n) is 32.0. The molecule has 86 heavy (non-hydrogen) atoms. The number of piperidine rings is 2. The fourth-order valence-electron chi connectivity index (χ4n) is 12.9. The number of esters is 1. The molecule has 2 aliphatic heterocycles. The maximum absolute atomic E-state index is 14.2. The Bertz CT molecular complexity index is 2610. The summed E-state index contributed by atoms with van der Waals surface area (Å²) in [7, 11) is -0.974. The number of nitrogens with one attached hydrogen (secondary N) is 7. The maximum atomic E-state index is 14.2. The first-order valence-corrected chi connectivity index (χ1v) is 32.7. The number of amides is 9. The molecule has 6 rings (SSSR count). The Kier molecular flexibility index (Phi) is 22.0. The van der Waals surface area contributed by atoms with E-state index >= 15 is 0 Å². The molecule has 2 saturated heterocycles. The van der Waals surface area contributed by atoms with Crippen molar-refractivity contribution < 1.29 is 61.7 Å². The number of carbonyl (C=O) groups is 8. The van der Waals surface area contributed by atoms with Crippen LogP contribution in [0, 0.1) is 57.2 Å². The highest BCUT2D eigenvalue weighted by molar-refractivity contribution is 7.89. The molecule has 6 fully saturated rings. The molecule has 6 aliphatic rings. The lowest BCUT2D eigenvalue weighted by atomic mass is 9.79. The molecule has 0 aromatic rings. The van der Waals surface area contributed by atoms with E-state index in [2.05, 4.69) is 64.9 Å². The van der Waals surface area contributed by atoms with Crippen LogP contribution in [0.3, 0.4) is 0 Å². The van der Waals surface area contributed by atoms with Gasteiger partial charge in [-0.05, 0) is 132 Å². The van der Waals surface area contributed by atoms with Crippen LogP contribution >= 0.6 is 0 Å². The summed E-state index contributed by atoms with van der Waals surface area (Å²) in [4.78, 5) is 110. The topological polar surface area (TPSA) is 314 Å². The van der Waals surface area contributed by atoms with Crippen LogP contribution in [0.1, 0.15) is 183 Å². The molecule has 4 saturated carbocycles. The largest absolute Gasteiger partial charge is 0.467 e. The average Bonchev–Trinajstić information content (AvgIpc) is 1.56. The molecular weight excluding hydrogens is 1120 g/mol. The molecule has 0 bridgehead atoms. The summed E-state index contributed by atoms with van der Waals surface area (Å²) < 4.78 is 31.5. The van der Waals surface area contributed by atoms with Gasteiger partial charge in [-0.3, -0.25) is 24.0 Å². The number of aliphatic hydroxyl groups is 2. The molecule has 0 aromatic heterocycles. The first-order valence-electron chi connectivity index (χ1n) is 31.1. The van der Waals surface area contributed by atoms with E-state index in [-0.39, 0.29) is 70.4 Å². The molecular formula is C62H110N10O13S. The second-order valence-corrected chi connectivity index (χ2v) is 34.1. The van der Waals surface area contributed by atoms with E-state index in [9.17, 15) is 57.0 Å². The van der Waals surface area contributed by atoms with E-state index in [4.69, 9.17) is 4.74 Å². The number of fused-ring (bicyclic) bond motifs is 2. The van der Waals surface area contributed by atoms with Crippen molar-refractivity contribution in [3.8, 4) is 0 Å². The highest BCUT2D eigenvalue weighted by Gasteiger charge is 2.71. The van der Waals surface area contributed by atoms with Crippen LogP contribution in [0.5, 0.6) is 0 Å². The van der Waals surface area contributed by atoms with Crippen molar-refractivity contribution in [2.24, 2.45) is 57.2 Å². The van der Waals surface area contributed by atoms with Crippen molar-refractivity contribution >= 4 is 57.6 Å². The van der Waals surface area contributed by atoms with Gasteiger partial charge < -0.3 is 62.0 Å². The summed E-state index contributed by atoms with van der Waals surface area (Å²) in [5.74, 6) is -2.77. The Balaban J connectivity index is 0.000000322. The number of likely N-dealkylation sites (tertiary alicyclic amines) is 2. The molecule has 12 atom stereocenters. The number of hydrogen-bond donors (Lipinski definition) is 9. The van der Waals surface area contributed by atoms with Crippen LogP contribution < -0.4 is 37.2 Å². The molecule has 492 valence electrons. The molecule has 24 heteroatoms.